The lowest BCUT2D eigenvalue weighted by molar-refractivity contribution is 0.525. The maximum Gasteiger partial charge on any atom is 0.207 e. The number of aromatic nitrogens is 3. The highest BCUT2D eigenvalue weighted by molar-refractivity contribution is 5.94. The topological polar surface area (TPSA) is 42.7 Å². The van der Waals surface area contributed by atoms with Gasteiger partial charge in [0, 0.05) is 36.2 Å². The third kappa shape index (κ3) is 2.27. The fourth-order valence-corrected chi connectivity index (χ4v) is 3.23. The van der Waals surface area contributed by atoms with E-state index in [-0.39, 0.29) is 0 Å². The van der Waals surface area contributed by atoms with Gasteiger partial charge in [-0.2, -0.15) is 0 Å². The predicted molar refractivity (Wildman–Crippen MR) is 84.8 cm³/mol. The SMILES string of the molecule is c1cc(Nc2nccn2C2CCCC2)c2cnccc2c1. The van der Waals surface area contributed by atoms with Crippen molar-refractivity contribution in [1.82, 2.24) is 14.5 Å². The third-order valence-electron chi connectivity index (χ3n) is 4.32. The fraction of sp³-hybridized carbons (Fsp3) is 0.294. The molecular weight excluding hydrogens is 260 g/mol. The first kappa shape index (κ1) is 12.4. The first-order valence-electron chi connectivity index (χ1n) is 7.54. The standard InChI is InChI=1S/C17H18N4/c1-2-6-14(5-1)21-11-10-19-17(21)20-16-7-3-4-13-8-9-18-12-15(13)16/h3-4,7-12,14H,1-2,5-6H2,(H,19,20). The van der Waals surface area contributed by atoms with Crippen LogP contribution in [0.25, 0.3) is 10.8 Å². The predicted octanol–water partition coefficient (Wildman–Crippen LogP) is 4.29. The van der Waals surface area contributed by atoms with Gasteiger partial charge in [0.15, 0.2) is 0 Å². The van der Waals surface area contributed by atoms with Crippen molar-refractivity contribution in [1.29, 1.82) is 0 Å². The lowest BCUT2D eigenvalue weighted by atomic mass is 10.1. The number of anilines is 2. The Kier molecular flexibility index (Phi) is 3.07. The average Bonchev–Trinajstić information content (AvgIpc) is 3.18. The molecule has 2 aromatic heterocycles. The smallest absolute Gasteiger partial charge is 0.207 e. The lowest BCUT2D eigenvalue weighted by Gasteiger charge is -2.16. The van der Waals surface area contributed by atoms with Crippen molar-refractivity contribution in [2.75, 3.05) is 5.32 Å². The van der Waals surface area contributed by atoms with E-state index in [1.54, 1.807) is 0 Å². The van der Waals surface area contributed by atoms with Gasteiger partial charge >= 0.3 is 0 Å². The highest BCUT2D eigenvalue weighted by Crippen LogP contribution is 2.33. The second-order valence-corrected chi connectivity index (χ2v) is 5.62. The van der Waals surface area contributed by atoms with E-state index in [0.717, 1.165) is 17.0 Å². The fourth-order valence-electron chi connectivity index (χ4n) is 3.23. The Morgan fingerprint density at radius 1 is 1.10 bits per heavy atom. The summed E-state index contributed by atoms with van der Waals surface area (Å²) in [6, 6.07) is 8.86. The molecule has 0 aliphatic heterocycles. The van der Waals surface area contributed by atoms with Gasteiger partial charge in [0.05, 0.1) is 5.69 Å². The summed E-state index contributed by atoms with van der Waals surface area (Å²) in [7, 11) is 0. The van der Waals surface area contributed by atoms with Crippen LogP contribution in [0.2, 0.25) is 0 Å². The van der Waals surface area contributed by atoms with Gasteiger partial charge in [-0.3, -0.25) is 4.98 Å². The van der Waals surface area contributed by atoms with E-state index < -0.39 is 0 Å². The summed E-state index contributed by atoms with van der Waals surface area (Å²) in [5, 5.41) is 5.80. The molecule has 1 aliphatic rings. The summed E-state index contributed by atoms with van der Waals surface area (Å²) in [6.07, 6.45) is 12.8. The summed E-state index contributed by atoms with van der Waals surface area (Å²) < 4.78 is 2.28. The van der Waals surface area contributed by atoms with Crippen molar-refractivity contribution >= 4 is 22.4 Å². The Labute approximate surface area is 123 Å². The van der Waals surface area contributed by atoms with Crippen molar-refractivity contribution in [2.24, 2.45) is 0 Å². The largest absolute Gasteiger partial charge is 0.325 e. The quantitative estimate of drug-likeness (QED) is 0.777. The maximum atomic E-state index is 4.49. The van der Waals surface area contributed by atoms with Crippen LogP contribution in [0.15, 0.2) is 49.1 Å². The van der Waals surface area contributed by atoms with Crippen molar-refractivity contribution < 1.29 is 0 Å². The van der Waals surface area contributed by atoms with Crippen LogP contribution in [0.5, 0.6) is 0 Å². The molecule has 21 heavy (non-hydrogen) atoms. The van der Waals surface area contributed by atoms with Gasteiger partial charge in [-0.05, 0) is 30.4 Å². The Balaban J connectivity index is 1.71. The van der Waals surface area contributed by atoms with Crippen LogP contribution in [0.1, 0.15) is 31.7 Å². The van der Waals surface area contributed by atoms with Crippen LogP contribution in [-0.2, 0) is 0 Å². The molecule has 4 heteroatoms. The number of benzene rings is 1. The van der Waals surface area contributed by atoms with Crippen LogP contribution >= 0.6 is 0 Å². The summed E-state index contributed by atoms with van der Waals surface area (Å²) in [6.45, 7) is 0. The number of imidazole rings is 1. The Morgan fingerprint density at radius 2 is 2.00 bits per heavy atom. The first-order chi connectivity index (χ1) is 10.4. The minimum atomic E-state index is 0.586. The van der Waals surface area contributed by atoms with Gasteiger partial charge in [0.1, 0.15) is 0 Å². The molecule has 0 radical (unpaired) electrons. The normalized spacial score (nSPS) is 15.6. The van der Waals surface area contributed by atoms with Gasteiger partial charge in [-0.1, -0.05) is 25.0 Å². The van der Waals surface area contributed by atoms with E-state index >= 15 is 0 Å². The van der Waals surface area contributed by atoms with Crippen molar-refractivity contribution in [3.63, 3.8) is 0 Å². The molecule has 3 aromatic rings. The zero-order chi connectivity index (χ0) is 14.1. The molecule has 0 unspecified atom stereocenters. The van der Waals surface area contributed by atoms with Gasteiger partial charge in [-0.15, -0.1) is 0 Å². The Hall–Kier alpha value is -2.36. The first-order valence-corrected chi connectivity index (χ1v) is 7.54. The van der Waals surface area contributed by atoms with Crippen LogP contribution < -0.4 is 5.32 Å². The number of hydrogen-bond acceptors (Lipinski definition) is 3. The number of fused-ring (bicyclic) bond motifs is 1. The molecule has 0 saturated heterocycles. The van der Waals surface area contributed by atoms with Crippen LogP contribution in [0, 0.1) is 0 Å². The monoisotopic (exact) mass is 278 g/mol. The molecule has 4 nitrogen and oxygen atoms in total. The summed E-state index contributed by atoms with van der Waals surface area (Å²) in [4.78, 5) is 8.73. The number of nitrogens with zero attached hydrogens (tertiary/aromatic N) is 3. The van der Waals surface area contributed by atoms with Crippen molar-refractivity contribution in [3.8, 4) is 0 Å². The van der Waals surface area contributed by atoms with Crippen molar-refractivity contribution in [2.45, 2.75) is 31.7 Å². The molecular formula is C17H18N4. The molecule has 0 atom stereocenters. The van der Waals surface area contributed by atoms with E-state index in [2.05, 4.69) is 44.2 Å². The number of rotatable bonds is 3. The Morgan fingerprint density at radius 3 is 2.90 bits per heavy atom. The lowest BCUT2D eigenvalue weighted by Crippen LogP contribution is -2.08. The third-order valence-corrected chi connectivity index (χ3v) is 4.32. The molecule has 1 N–H and O–H groups in total. The zero-order valence-electron chi connectivity index (χ0n) is 11.9. The average molecular weight is 278 g/mol. The molecule has 1 aromatic carbocycles. The van der Waals surface area contributed by atoms with Gasteiger partial charge in [-0.25, -0.2) is 4.98 Å². The van der Waals surface area contributed by atoms with E-state index in [1.807, 2.05) is 24.7 Å². The number of hydrogen-bond donors (Lipinski definition) is 1. The number of nitrogens with one attached hydrogen (secondary N) is 1. The highest BCUT2D eigenvalue weighted by atomic mass is 15.2. The molecule has 4 rings (SSSR count). The Bertz CT molecular complexity index is 751. The minimum absolute atomic E-state index is 0.586. The maximum absolute atomic E-state index is 4.49. The second-order valence-electron chi connectivity index (χ2n) is 5.62. The van der Waals surface area contributed by atoms with Crippen molar-refractivity contribution in [3.05, 3.63) is 49.1 Å². The zero-order valence-corrected chi connectivity index (χ0v) is 11.9. The van der Waals surface area contributed by atoms with E-state index in [1.165, 1.54) is 31.1 Å². The minimum Gasteiger partial charge on any atom is -0.325 e. The molecule has 1 fully saturated rings. The highest BCUT2D eigenvalue weighted by Gasteiger charge is 2.19. The second kappa shape index (κ2) is 5.20. The van der Waals surface area contributed by atoms with E-state index in [0.29, 0.717) is 6.04 Å². The summed E-state index contributed by atoms with van der Waals surface area (Å²) in [5.74, 6) is 0.929. The summed E-state index contributed by atoms with van der Waals surface area (Å²) in [5.41, 5.74) is 1.06. The van der Waals surface area contributed by atoms with Gasteiger partial charge in [0.25, 0.3) is 0 Å². The van der Waals surface area contributed by atoms with Gasteiger partial charge in [0.2, 0.25) is 5.95 Å². The number of pyridine rings is 1. The molecule has 0 spiro atoms. The molecule has 0 amide bonds. The van der Waals surface area contributed by atoms with Crippen LogP contribution in [0.4, 0.5) is 11.6 Å². The van der Waals surface area contributed by atoms with E-state index in [9.17, 15) is 0 Å². The van der Waals surface area contributed by atoms with Crippen LogP contribution in [-0.4, -0.2) is 14.5 Å². The molecule has 0 bridgehead atoms. The van der Waals surface area contributed by atoms with E-state index in [4.69, 9.17) is 0 Å². The molecule has 1 aliphatic carbocycles. The van der Waals surface area contributed by atoms with Crippen LogP contribution in [0.3, 0.4) is 0 Å². The summed E-state index contributed by atoms with van der Waals surface area (Å²) >= 11 is 0. The molecule has 106 valence electrons. The molecule has 1 saturated carbocycles. The molecule has 2 heterocycles. The van der Waals surface area contributed by atoms with Gasteiger partial charge < -0.3 is 9.88 Å².